The third kappa shape index (κ3) is 3.30. The second-order valence-electron chi connectivity index (χ2n) is 6.23. The van der Waals surface area contributed by atoms with Crippen LogP contribution in [0.3, 0.4) is 0 Å². The number of rotatable bonds is 5. The van der Waals surface area contributed by atoms with Gasteiger partial charge in [-0.25, -0.2) is 13.6 Å². The van der Waals surface area contributed by atoms with Crippen LogP contribution in [-0.2, 0) is 21.6 Å². The second-order valence-corrected chi connectivity index (χ2v) is 6.23. The van der Waals surface area contributed by atoms with E-state index in [0.29, 0.717) is 0 Å². The molecule has 0 spiro atoms. The highest BCUT2D eigenvalue weighted by Crippen LogP contribution is 2.27. The number of fused-ring (bicyclic) bond motifs is 1. The van der Waals surface area contributed by atoms with Gasteiger partial charge < -0.3 is 4.74 Å². The first-order chi connectivity index (χ1) is 12.5. The molecule has 0 aliphatic heterocycles. The van der Waals surface area contributed by atoms with E-state index >= 15 is 0 Å². The molecule has 1 unspecified atom stereocenters. The lowest BCUT2D eigenvalue weighted by Gasteiger charge is -2.29. The van der Waals surface area contributed by atoms with Crippen LogP contribution in [0.25, 0.3) is 10.8 Å². The molecule has 0 aliphatic carbocycles. The summed E-state index contributed by atoms with van der Waals surface area (Å²) in [4.78, 5) is 12.4. The molecule has 26 heavy (non-hydrogen) atoms. The molecule has 3 aromatic carbocycles. The molecule has 1 N–H and O–H groups in total. The Hall–Kier alpha value is -2.79. The molecule has 0 radical (unpaired) electrons. The molecular weight excluding hydrogens is 336 g/mol. The lowest BCUT2D eigenvalue weighted by atomic mass is 9.90. The topological polar surface area (TPSA) is 38.3 Å². The zero-order valence-corrected chi connectivity index (χ0v) is 14.6. The maximum atomic E-state index is 14.3. The van der Waals surface area contributed by atoms with Crippen LogP contribution in [-0.4, -0.2) is 13.1 Å². The number of methoxy groups -OCH3 is 1. The van der Waals surface area contributed by atoms with Crippen molar-refractivity contribution in [3.05, 3.63) is 83.4 Å². The van der Waals surface area contributed by atoms with Crippen molar-refractivity contribution < 1.29 is 18.3 Å². The molecule has 0 amide bonds. The first-order valence-electron chi connectivity index (χ1n) is 8.21. The van der Waals surface area contributed by atoms with Crippen LogP contribution < -0.4 is 5.32 Å². The highest BCUT2D eigenvalue weighted by atomic mass is 19.1. The Morgan fingerprint density at radius 2 is 1.81 bits per heavy atom. The van der Waals surface area contributed by atoms with Gasteiger partial charge in [0.15, 0.2) is 0 Å². The van der Waals surface area contributed by atoms with Crippen LogP contribution in [0, 0.1) is 11.6 Å². The molecule has 0 saturated heterocycles. The molecule has 134 valence electrons. The van der Waals surface area contributed by atoms with Gasteiger partial charge in [0.2, 0.25) is 0 Å². The molecule has 3 aromatic rings. The first kappa shape index (κ1) is 18.0. The normalized spacial score (nSPS) is 13.4. The number of hydrogen-bond acceptors (Lipinski definition) is 3. The molecule has 3 rings (SSSR count). The van der Waals surface area contributed by atoms with Gasteiger partial charge >= 0.3 is 5.97 Å². The van der Waals surface area contributed by atoms with Crippen molar-refractivity contribution in [3.63, 3.8) is 0 Å². The molecule has 0 bridgehead atoms. The van der Waals surface area contributed by atoms with E-state index in [0.717, 1.165) is 34.5 Å². The minimum atomic E-state index is -1.53. The average molecular weight is 355 g/mol. The molecule has 0 heterocycles. The van der Waals surface area contributed by atoms with Crippen LogP contribution >= 0.6 is 0 Å². The van der Waals surface area contributed by atoms with Crippen LogP contribution in [0.1, 0.15) is 18.1 Å². The van der Waals surface area contributed by atoms with E-state index in [4.69, 9.17) is 4.74 Å². The number of hydrogen-bond donors (Lipinski definition) is 1. The van der Waals surface area contributed by atoms with Gasteiger partial charge in [0.25, 0.3) is 0 Å². The van der Waals surface area contributed by atoms with E-state index in [2.05, 4.69) is 5.32 Å². The molecule has 1 atom stereocenters. The Morgan fingerprint density at radius 3 is 2.58 bits per heavy atom. The van der Waals surface area contributed by atoms with Crippen molar-refractivity contribution in [1.29, 1.82) is 0 Å². The van der Waals surface area contributed by atoms with Gasteiger partial charge in [-0.15, -0.1) is 0 Å². The number of nitrogens with one attached hydrogen (secondary N) is 1. The van der Waals surface area contributed by atoms with Gasteiger partial charge in [-0.3, -0.25) is 5.32 Å². The van der Waals surface area contributed by atoms with Gasteiger partial charge in [-0.1, -0.05) is 42.5 Å². The number of carbonyl (C=O) groups excluding carboxylic acids is 1. The van der Waals surface area contributed by atoms with E-state index in [1.807, 2.05) is 42.5 Å². The molecular formula is C21H19F2NO2. The van der Waals surface area contributed by atoms with Gasteiger partial charge in [-0.2, -0.15) is 0 Å². The summed E-state index contributed by atoms with van der Waals surface area (Å²) in [5, 5.41) is 5.14. The largest absolute Gasteiger partial charge is 0.467 e. The molecule has 5 heteroatoms. The van der Waals surface area contributed by atoms with Gasteiger partial charge in [0.1, 0.15) is 17.2 Å². The number of benzene rings is 3. The minimum Gasteiger partial charge on any atom is -0.467 e. The second kappa shape index (κ2) is 7.22. The summed E-state index contributed by atoms with van der Waals surface area (Å²) in [7, 11) is 1.22. The molecule has 3 nitrogen and oxygen atoms in total. The van der Waals surface area contributed by atoms with E-state index < -0.39 is 23.1 Å². The predicted octanol–water partition coefficient (Wildman–Crippen LogP) is 4.30. The Kier molecular flexibility index (Phi) is 5.00. The summed E-state index contributed by atoms with van der Waals surface area (Å²) in [6, 6.07) is 16.7. The highest BCUT2D eigenvalue weighted by molar-refractivity contribution is 5.86. The average Bonchev–Trinajstić information content (AvgIpc) is 2.67. The summed E-state index contributed by atoms with van der Waals surface area (Å²) in [6.07, 6.45) is 0. The van der Waals surface area contributed by atoms with E-state index in [9.17, 15) is 13.6 Å². The first-order valence-corrected chi connectivity index (χ1v) is 8.21. The van der Waals surface area contributed by atoms with Crippen molar-refractivity contribution in [2.75, 3.05) is 7.11 Å². The van der Waals surface area contributed by atoms with Crippen LogP contribution in [0.5, 0.6) is 0 Å². The third-order valence-corrected chi connectivity index (χ3v) is 4.57. The highest BCUT2D eigenvalue weighted by Gasteiger charge is 2.38. The van der Waals surface area contributed by atoms with Crippen molar-refractivity contribution in [2.45, 2.75) is 19.0 Å². The Balaban J connectivity index is 1.99. The van der Waals surface area contributed by atoms with Crippen molar-refractivity contribution in [1.82, 2.24) is 5.32 Å². The number of halogens is 2. The zero-order valence-electron chi connectivity index (χ0n) is 14.6. The van der Waals surface area contributed by atoms with Crippen LogP contribution in [0.15, 0.2) is 60.7 Å². The number of carbonyl (C=O) groups is 1. The summed E-state index contributed by atoms with van der Waals surface area (Å²) in [5.74, 6) is -1.99. The predicted molar refractivity (Wildman–Crippen MR) is 96.5 cm³/mol. The summed E-state index contributed by atoms with van der Waals surface area (Å²) in [5.41, 5.74) is -0.683. The SMILES string of the molecule is COC(=O)C(C)(NCc1cccc2ccccc12)c1cc(F)ccc1F. The summed E-state index contributed by atoms with van der Waals surface area (Å²) >= 11 is 0. The quantitative estimate of drug-likeness (QED) is 0.694. The van der Waals surface area contributed by atoms with E-state index in [1.54, 1.807) is 0 Å². The van der Waals surface area contributed by atoms with Gasteiger partial charge in [0, 0.05) is 12.1 Å². The Morgan fingerprint density at radius 1 is 1.08 bits per heavy atom. The van der Waals surface area contributed by atoms with Crippen LogP contribution in [0.4, 0.5) is 8.78 Å². The Labute approximate surface area is 150 Å². The van der Waals surface area contributed by atoms with Gasteiger partial charge in [0.05, 0.1) is 7.11 Å². The monoisotopic (exact) mass is 355 g/mol. The lowest BCUT2D eigenvalue weighted by Crippen LogP contribution is -2.47. The fraction of sp³-hybridized carbons (Fsp3) is 0.190. The lowest BCUT2D eigenvalue weighted by molar-refractivity contribution is -0.148. The van der Waals surface area contributed by atoms with Crippen molar-refractivity contribution >= 4 is 16.7 Å². The van der Waals surface area contributed by atoms with Crippen molar-refractivity contribution in [3.8, 4) is 0 Å². The maximum Gasteiger partial charge on any atom is 0.330 e. The standard InChI is InChI=1S/C21H19F2NO2/c1-21(20(25)26-2,18-12-16(22)10-11-19(18)23)24-13-15-8-5-7-14-6-3-4-9-17(14)15/h3-12,24H,13H2,1-2H3. The van der Waals surface area contributed by atoms with E-state index in [1.165, 1.54) is 14.0 Å². The van der Waals surface area contributed by atoms with E-state index in [-0.39, 0.29) is 12.1 Å². The number of ether oxygens (including phenoxy) is 1. The molecule has 0 saturated carbocycles. The number of esters is 1. The molecule has 0 fully saturated rings. The molecule has 0 aromatic heterocycles. The fourth-order valence-corrected chi connectivity index (χ4v) is 3.08. The maximum absolute atomic E-state index is 14.3. The smallest absolute Gasteiger partial charge is 0.330 e. The van der Waals surface area contributed by atoms with Crippen LogP contribution in [0.2, 0.25) is 0 Å². The Bertz CT molecular complexity index is 952. The molecule has 0 aliphatic rings. The summed E-state index contributed by atoms with van der Waals surface area (Å²) in [6.45, 7) is 1.77. The van der Waals surface area contributed by atoms with Crippen molar-refractivity contribution in [2.24, 2.45) is 0 Å². The minimum absolute atomic E-state index is 0.0930. The summed E-state index contributed by atoms with van der Waals surface area (Å²) < 4.78 is 32.8. The third-order valence-electron chi connectivity index (χ3n) is 4.57. The zero-order chi connectivity index (χ0) is 18.7. The van der Waals surface area contributed by atoms with Gasteiger partial charge in [-0.05, 0) is 41.5 Å². The fourth-order valence-electron chi connectivity index (χ4n) is 3.08.